The summed E-state index contributed by atoms with van der Waals surface area (Å²) in [4.78, 5) is 38.2. The van der Waals surface area contributed by atoms with Crippen LogP contribution in [0, 0.1) is 12.8 Å². The molecule has 0 radical (unpaired) electrons. The fraction of sp³-hybridized carbons (Fsp3) is 0.316. The summed E-state index contributed by atoms with van der Waals surface area (Å²) in [5.74, 6) is -1.07. The summed E-state index contributed by atoms with van der Waals surface area (Å²) < 4.78 is 1.53. The molecule has 1 unspecified atom stereocenters. The summed E-state index contributed by atoms with van der Waals surface area (Å²) >= 11 is 0. The maximum Gasteiger partial charge on any atom is 0.263 e. The van der Waals surface area contributed by atoms with Crippen LogP contribution < -0.4 is 11.3 Å². The summed E-state index contributed by atoms with van der Waals surface area (Å²) in [6, 6.07) is 11.1. The summed E-state index contributed by atoms with van der Waals surface area (Å²) in [6.07, 6.45) is 2.23. The van der Waals surface area contributed by atoms with Crippen LogP contribution in [-0.4, -0.2) is 34.4 Å². The summed E-state index contributed by atoms with van der Waals surface area (Å²) in [7, 11) is 0. The number of nitrogens with two attached hydrogens (primary N) is 1. The molecular weight excluding hydrogens is 318 g/mol. The van der Waals surface area contributed by atoms with Crippen LogP contribution in [0.3, 0.4) is 0 Å². The molecule has 25 heavy (non-hydrogen) atoms. The van der Waals surface area contributed by atoms with Crippen LogP contribution in [0.2, 0.25) is 0 Å². The molecule has 6 nitrogen and oxygen atoms in total. The first kappa shape index (κ1) is 17.0. The number of benzene rings is 1. The van der Waals surface area contributed by atoms with Crippen molar-refractivity contribution in [3.8, 4) is 0 Å². The first-order valence-corrected chi connectivity index (χ1v) is 8.29. The van der Waals surface area contributed by atoms with Gasteiger partial charge in [0.25, 0.3) is 11.5 Å². The normalized spacial score (nSPS) is 16.8. The predicted molar refractivity (Wildman–Crippen MR) is 94.2 cm³/mol. The van der Waals surface area contributed by atoms with Crippen LogP contribution in [0.1, 0.15) is 27.9 Å². The number of likely N-dealkylation sites (tertiary alicyclic amines) is 1. The molecule has 2 amide bonds. The molecule has 1 saturated heterocycles. The lowest BCUT2D eigenvalue weighted by molar-refractivity contribution is -0.121. The number of hydrogen-bond acceptors (Lipinski definition) is 3. The van der Waals surface area contributed by atoms with Gasteiger partial charge in [-0.05, 0) is 31.0 Å². The second kappa shape index (κ2) is 6.93. The van der Waals surface area contributed by atoms with E-state index >= 15 is 0 Å². The van der Waals surface area contributed by atoms with Gasteiger partial charge in [0.1, 0.15) is 5.56 Å². The maximum atomic E-state index is 12.7. The summed E-state index contributed by atoms with van der Waals surface area (Å²) in [5.41, 5.74) is 7.23. The highest BCUT2D eigenvalue weighted by atomic mass is 16.2. The van der Waals surface area contributed by atoms with E-state index in [-0.39, 0.29) is 29.5 Å². The van der Waals surface area contributed by atoms with E-state index in [0.29, 0.717) is 19.5 Å². The quantitative estimate of drug-likeness (QED) is 0.907. The Hall–Kier alpha value is -2.89. The molecule has 1 aromatic carbocycles. The number of pyridine rings is 1. The molecule has 1 aliphatic rings. The SMILES string of the molecule is Cc1cccc(Cn2cccc(C(=O)N3CCC(C(N)=O)C3)c2=O)c1. The second-order valence-electron chi connectivity index (χ2n) is 6.48. The van der Waals surface area contributed by atoms with Gasteiger partial charge in [0, 0.05) is 19.3 Å². The third-order valence-electron chi connectivity index (χ3n) is 4.56. The number of primary amides is 1. The van der Waals surface area contributed by atoms with Gasteiger partial charge in [-0.1, -0.05) is 29.8 Å². The van der Waals surface area contributed by atoms with E-state index in [1.54, 1.807) is 12.3 Å². The highest BCUT2D eigenvalue weighted by Gasteiger charge is 2.31. The fourth-order valence-corrected chi connectivity index (χ4v) is 3.18. The molecule has 2 aromatic rings. The maximum absolute atomic E-state index is 12.7. The van der Waals surface area contributed by atoms with Crippen molar-refractivity contribution < 1.29 is 9.59 Å². The first-order chi connectivity index (χ1) is 12.0. The lowest BCUT2D eigenvalue weighted by atomic mass is 10.1. The van der Waals surface area contributed by atoms with Gasteiger partial charge in [-0.2, -0.15) is 0 Å². The number of hydrogen-bond donors (Lipinski definition) is 1. The van der Waals surface area contributed by atoms with Gasteiger partial charge in [0.05, 0.1) is 12.5 Å². The summed E-state index contributed by atoms with van der Waals surface area (Å²) in [5, 5.41) is 0. The molecular formula is C19H21N3O3. The van der Waals surface area contributed by atoms with Crippen molar-refractivity contribution in [2.45, 2.75) is 19.9 Å². The highest BCUT2D eigenvalue weighted by molar-refractivity contribution is 5.94. The number of carbonyl (C=O) groups is 2. The molecule has 2 N–H and O–H groups in total. The minimum Gasteiger partial charge on any atom is -0.369 e. The third-order valence-corrected chi connectivity index (χ3v) is 4.56. The largest absolute Gasteiger partial charge is 0.369 e. The zero-order valence-electron chi connectivity index (χ0n) is 14.1. The van der Waals surface area contributed by atoms with E-state index in [9.17, 15) is 14.4 Å². The lowest BCUT2D eigenvalue weighted by Gasteiger charge is -2.16. The van der Waals surface area contributed by atoms with Crippen LogP contribution in [0.5, 0.6) is 0 Å². The Morgan fingerprint density at radius 2 is 2.04 bits per heavy atom. The predicted octanol–water partition coefficient (Wildman–Crippen LogP) is 1.15. The van der Waals surface area contributed by atoms with Crippen LogP contribution in [-0.2, 0) is 11.3 Å². The molecule has 0 bridgehead atoms. The van der Waals surface area contributed by atoms with Crippen molar-refractivity contribution in [3.63, 3.8) is 0 Å². The zero-order valence-corrected chi connectivity index (χ0v) is 14.1. The van der Waals surface area contributed by atoms with E-state index in [4.69, 9.17) is 5.73 Å². The van der Waals surface area contributed by atoms with E-state index < -0.39 is 5.91 Å². The van der Waals surface area contributed by atoms with Gasteiger partial charge in [0.2, 0.25) is 5.91 Å². The van der Waals surface area contributed by atoms with Gasteiger partial charge >= 0.3 is 0 Å². The van der Waals surface area contributed by atoms with Gasteiger partial charge < -0.3 is 15.2 Å². The van der Waals surface area contributed by atoms with Crippen molar-refractivity contribution in [3.05, 3.63) is 69.6 Å². The van der Waals surface area contributed by atoms with Crippen molar-refractivity contribution in [2.75, 3.05) is 13.1 Å². The standard InChI is InChI=1S/C19H21N3O3/c1-13-4-2-5-14(10-13)11-21-8-3-6-16(18(21)24)19(25)22-9-7-15(12-22)17(20)23/h2-6,8,10,15H,7,9,11-12H2,1H3,(H2,20,23). The Balaban J connectivity index is 1.83. The van der Waals surface area contributed by atoms with Gasteiger partial charge in [-0.3, -0.25) is 14.4 Å². The number of aryl methyl sites for hydroxylation is 1. The van der Waals surface area contributed by atoms with Crippen molar-refractivity contribution in [1.82, 2.24) is 9.47 Å². The van der Waals surface area contributed by atoms with Crippen LogP contribution >= 0.6 is 0 Å². The first-order valence-electron chi connectivity index (χ1n) is 8.29. The minimum atomic E-state index is -0.403. The van der Waals surface area contributed by atoms with Gasteiger partial charge in [0.15, 0.2) is 0 Å². The Morgan fingerprint density at radius 1 is 1.24 bits per heavy atom. The lowest BCUT2D eigenvalue weighted by Crippen LogP contribution is -2.36. The average Bonchev–Trinajstić information content (AvgIpc) is 3.07. The van der Waals surface area contributed by atoms with Crippen molar-refractivity contribution in [1.29, 1.82) is 0 Å². The van der Waals surface area contributed by atoms with Gasteiger partial charge in [-0.15, -0.1) is 0 Å². The van der Waals surface area contributed by atoms with Gasteiger partial charge in [-0.25, -0.2) is 0 Å². The molecule has 2 heterocycles. The van der Waals surface area contributed by atoms with E-state index in [1.807, 2.05) is 31.2 Å². The van der Waals surface area contributed by atoms with E-state index in [1.165, 1.54) is 15.5 Å². The number of nitrogens with zero attached hydrogens (tertiary/aromatic N) is 2. The van der Waals surface area contributed by atoms with Crippen LogP contribution in [0.25, 0.3) is 0 Å². The number of aromatic nitrogens is 1. The zero-order chi connectivity index (χ0) is 18.0. The minimum absolute atomic E-state index is 0.125. The van der Waals surface area contributed by atoms with Crippen molar-refractivity contribution >= 4 is 11.8 Å². The molecule has 0 spiro atoms. The Kier molecular flexibility index (Phi) is 4.70. The number of amides is 2. The van der Waals surface area contributed by atoms with Crippen molar-refractivity contribution in [2.24, 2.45) is 11.7 Å². The monoisotopic (exact) mass is 339 g/mol. The molecule has 1 fully saturated rings. The molecule has 1 atom stereocenters. The molecule has 1 aliphatic heterocycles. The average molecular weight is 339 g/mol. The number of rotatable bonds is 4. The van der Waals surface area contributed by atoms with E-state index in [2.05, 4.69) is 0 Å². The smallest absolute Gasteiger partial charge is 0.263 e. The fourth-order valence-electron chi connectivity index (χ4n) is 3.18. The molecule has 0 aliphatic carbocycles. The van der Waals surface area contributed by atoms with Crippen LogP contribution in [0.15, 0.2) is 47.4 Å². The molecule has 0 saturated carbocycles. The molecule has 6 heteroatoms. The Bertz CT molecular complexity index is 872. The second-order valence-corrected chi connectivity index (χ2v) is 6.48. The Labute approximate surface area is 145 Å². The summed E-state index contributed by atoms with van der Waals surface area (Å²) in [6.45, 7) is 3.12. The topological polar surface area (TPSA) is 85.4 Å². The molecule has 3 rings (SSSR count). The number of carbonyl (C=O) groups excluding carboxylic acids is 2. The molecule has 1 aromatic heterocycles. The Morgan fingerprint density at radius 3 is 2.72 bits per heavy atom. The van der Waals surface area contributed by atoms with Crippen LogP contribution in [0.4, 0.5) is 0 Å². The molecule has 130 valence electrons. The highest BCUT2D eigenvalue weighted by Crippen LogP contribution is 2.17. The van der Waals surface area contributed by atoms with E-state index in [0.717, 1.165) is 11.1 Å². The third kappa shape index (κ3) is 3.63.